The van der Waals surface area contributed by atoms with Gasteiger partial charge in [0.1, 0.15) is 11.3 Å². The van der Waals surface area contributed by atoms with Gasteiger partial charge in [-0.3, -0.25) is 14.6 Å². The Bertz CT molecular complexity index is 1370. The predicted octanol–water partition coefficient (Wildman–Crippen LogP) is 4.25. The van der Waals surface area contributed by atoms with Gasteiger partial charge in [0.15, 0.2) is 0 Å². The number of hydrogen-bond acceptors (Lipinski definition) is 5. The van der Waals surface area contributed by atoms with Crippen molar-refractivity contribution in [3.8, 4) is 0 Å². The minimum Gasteiger partial charge on any atom is -0.449 e. The second kappa shape index (κ2) is 8.67. The smallest absolute Gasteiger partial charge is 0.291 e. The van der Waals surface area contributed by atoms with Crippen LogP contribution >= 0.6 is 0 Å². The number of carbonyl (C=O) groups is 2. The molecule has 1 aliphatic rings. The van der Waals surface area contributed by atoms with Crippen molar-refractivity contribution in [3.05, 3.63) is 71.1 Å². The fourth-order valence-electron chi connectivity index (χ4n) is 4.41. The minimum atomic E-state index is -0.246. The Morgan fingerprint density at radius 3 is 2.48 bits per heavy atom. The lowest BCUT2D eigenvalue weighted by Crippen LogP contribution is -2.40. The van der Waals surface area contributed by atoms with Gasteiger partial charge in [-0.25, -0.2) is 0 Å². The van der Waals surface area contributed by atoms with Gasteiger partial charge in [0.05, 0.1) is 25.2 Å². The molecule has 0 radical (unpaired) electrons. The number of para-hydroxylation sites is 2. The molecule has 0 unspecified atom stereocenters. The molecule has 33 heavy (non-hydrogen) atoms. The third-order valence-electron chi connectivity index (χ3n) is 6.18. The van der Waals surface area contributed by atoms with E-state index in [1.165, 1.54) is 0 Å². The summed E-state index contributed by atoms with van der Waals surface area (Å²) in [5.74, 6) is -0.318. The number of furan rings is 1. The van der Waals surface area contributed by atoms with Crippen LogP contribution in [-0.2, 0) is 16.0 Å². The van der Waals surface area contributed by atoms with E-state index in [1.54, 1.807) is 11.0 Å². The van der Waals surface area contributed by atoms with Gasteiger partial charge in [0, 0.05) is 29.6 Å². The van der Waals surface area contributed by atoms with Gasteiger partial charge >= 0.3 is 0 Å². The first-order valence-corrected chi connectivity index (χ1v) is 11.1. The van der Waals surface area contributed by atoms with Crippen molar-refractivity contribution in [3.63, 3.8) is 0 Å². The highest BCUT2D eigenvalue weighted by Crippen LogP contribution is 2.32. The van der Waals surface area contributed by atoms with Crippen LogP contribution in [0.15, 0.2) is 52.9 Å². The number of fused-ring (bicyclic) bond motifs is 2. The molecule has 7 heteroatoms. The molecule has 2 aromatic carbocycles. The standard InChI is InChI=1S/C26H25N3O4/c1-16-18-7-3-5-9-21(18)27-17(2)20(16)15-23(30)28-24-19-8-4-6-10-22(19)33-25(24)26(31)29-11-13-32-14-12-29/h3-10H,11-15H2,1-2H3,(H,28,30). The molecule has 0 bridgehead atoms. The van der Waals surface area contributed by atoms with Gasteiger partial charge in [-0.05, 0) is 43.2 Å². The summed E-state index contributed by atoms with van der Waals surface area (Å²) in [4.78, 5) is 32.8. The van der Waals surface area contributed by atoms with Crippen molar-refractivity contribution >= 4 is 39.4 Å². The molecular formula is C26H25N3O4. The average molecular weight is 444 g/mol. The largest absolute Gasteiger partial charge is 0.449 e. The zero-order valence-corrected chi connectivity index (χ0v) is 18.7. The third kappa shape index (κ3) is 3.96. The molecule has 1 saturated heterocycles. The molecule has 3 heterocycles. The lowest BCUT2D eigenvalue weighted by Gasteiger charge is -2.26. The van der Waals surface area contributed by atoms with Crippen LogP contribution in [0.25, 0.3) is 21.9 Å². The molecule has 0 spiro atoms. The zero-order valence-electron chi connectivity index (χ0n) is 18.7. The van der Waals surface area contributed by atoms with Crippen LogP contribution < -0.4 is 5.32 Å². The Labute approximate surface area is 191 Å². The average Bonchev–Trinajstić information content (AvgIpc) is 3.20. The number of ether oxygens (including phenoxy) is 1. The van der Waals surface area contributed by atoms with Gasteiger partial charge in [0.2, 0.25) is 11.7 Å². The summed E-state index contributed by atoms with van der Waals surface area (Å²) >= 11 is 0. The Morgan fingerprint density at radius 1 is 1.00 bits per heavy atom. The molecule has 7 nitrogen and oxygen atoms in total. The number of aryl methyl sites for hydroxylation is 2. The number of amides is 2. The number of hydrogen-bond donors (Lipinski definition) is 1. The van der Waals surface area contributed by atoms with E-state index in [-0.39, 0.29) is 24.0 Å². The molecule has 1 N–H and O–H groups in total. The number of nitrogens with zero attached hydrogens (tertiary/aromatic N) is 2. The maximum Gasteiger partial charge on any atom is 0.291 e. The summed E-state index contributed by atoms with van der Waals surface area (Å²) in [6.45, 7) is 5.89. The van der Waals surface area contributed by atoms with Gasteiger partial charge in [-0.1, -0.05) is 30.3 Å². The van der Waals surface area contributed by atoms with Crippen molar-refractivity contribution < 1.29 is 18.7 Å². The molecule has 0 saturated carbocycles. The number of carbonyl (C=O) groups excluding carboxylic acids is 2. The maximum atomic E-state index is 13.2. The first kappa shape index (κ1) is 21.2. The third-order valence-corrected chi connectivity index (χ3v) is 6.18. The molecule has 4 aromatic rings. The fourth-order valence-corrected chi connectivity index (χ4v) is 4.41. The van der Waals surface area contributed by atoms with Crippen LogP contribution in [0.5, 0.6) is 0 Å². The van der Waals surface area contributed by atoms with Crippen molar-refractivity contribution in [2.45, 2.75) is 20.3 Å². The molecule has 1 aliphatic heterocycles. The van der Waals surface area contributed by atoms with E-state index in [9.17, 15) is 9.59 Å². The van der Waals surface area contributed by atoms with Gasteiger partial charge in [-0.15, -0.1) is 0 Å². The van der Waals surface area contributed by atoms with Crippen LogP contribution in [0.2, 0.25) is 0 Å². The lowest BCUT2D eigenvalue weighted by molar-refractivity contribution is -0.115. The highest BCUT2D eigenvalue weighted by atomic mass is 16.5. The normalized spacial score (nSPS) is 14.1. The quantitative estimate of drug-likeness (QED) is 0.510. The monoisotopic (exact) mass is 443 g/mol. The van der Waals surface area contributed by atoms with E-state index in [0.29, 0.717) is 43.0 Å². The predicted molar refractivity (Wildman–Crippen MR) is 126 cm³/mol. The first-order valence-electron chi connectivity index (χ1n) is 11.1. The number of anilines is 1. The van der Waals surface area contributed by atoms with E-state index < -0.39 is 0 Å². The van der Waals surface area contributed by atoms with Crippen LogP contribution in [0.3, 0.4) is 0 Å². The van der Waals surface area contributed by atoms with E-state index in [0.717, 1.165) is 27.7 Å². The summed E-state index contributed by atoms with van der Waals surface area (Å²) < 4.78 is 11.3. The Hall–Kier alpha value is -3.71. The zero-order chi connectivity index (χ0) is 22.9. The van der Waals surface area contributed by atoms with Crippen LogP contribution in [0.1, 0.15) is 27.4 Å². The molecule has 168 valence electrons. The van der Waals surface area contributed by atoms with Gasteiger partial charge in [0.25, 0.3) is 5.91 Å². The summed E-state index contributed by atoms with van der Waals surface area (Å²) in [5, 5.41) is 4.70. The van der Waals surface area contributed by atoms with Crippen molar-refractivity contribution in [2.24, 2.45) is 0 Å². The SMILES string of the molecule is Cc1nc2ccccc2c(C)c1CC(=O)Nc1c(C(=O)N2CCOCC2)oc2ccccc12. The van der Waals surface area contributed by atoms with E-state index in [2.05, 4.69) is 10.3 Å². The van der Waals surface area contributed by atoms with Crippen LogP contribution in [-0.4, -0.2) is 48.0 Å². The Balaban J connectivity index is 1.47. The maximum absolute atomic E-state index is 13.2. The Kier molecular flexibility index (Phi) is 5.56. The van der Waals surface area contributed by atoms with E-state index >= 15 is 0 Å². The number of benzene rings is 2. The molecule has 0 aliphatic carbocycles. The molecular weight excluding hydrogens is 418 g/mol. The second-order valence-corrected chi connectivity index (χ2v) is 8.25. The van der Waals surface area contributed by atoms with Crippen molar-refractivity contribution in [1.82, 2.24) is 9.88 Å². The van der Waals surface area contributed by atoms with E-state index in [4.69, 9.17) is 9.15 Å². The highest BCUT2D eigenvalue weighted by Gasteiger charge is 2.27. The topological polar surface area (TPSA) is 84.7 Å². The summed E-state index contributed by atoms with van der Waals surface area (Å²) in [5.41, 5.74) is 4.63. The number of nitrogens with one attached hydrogen (secondary N) is 1. The van der Waals surface area contributed by atoms with E-state index in [1.807, 2.05) is 56.3 Å². The van der Waals surface area contributed by atoms with Crippen molar-refractivity contribution in [2.75, 3.05) is 31.6 Å². The molecule has 5 rings (SSSR count). The van der Waals surface area contributed by atoms with Crippen LogP contribution in [0.4, 0.5) is 5.69 Å². The molecule has 2 aromatic heterocycles. The summed E-state index contributed by atoms with van der Waals surface area (Å²) in [7, 11) is 0. The first-order chi connectivity index (χ1) is 16.0. The molecule has 1 fully saturated rings. The second-order valence-electron chi connectivity index (χ2n) is 8.25. The molecule has 0 atom stereocenters. The number of pyridine rings is 1. The minimum absolute atomic E-state index is 0.150. The number of aromatic nitrogens is 1. The van der Waals surface area contributed by atoms with Crippen molar-refractivity contribution in [1.29, 1.82) is 0 Å². The summed E-state index contributed by atoms with van der Waals surface area (Å²) in [6.07, 6.45) is 0.153. The number of rotatable bonds is 4. The van der Waals surface area contributed by atoms with Gasteiger partial charge in [-0.2, -0.15) is 0 Å². The lowest BCUT2D eigenvalue weighted by atomic mass is 9.99. The summed E-state index contributed by atoms with van der Waals surface area (Å²) in [6, 6.07) is 15.3. The highest BCUT2D eigenvalue weighted by molar-refractivity contribution is 6.11. The molecule has 2 amide bonds. The fraction of sp³-hybridized carbons (Fsp3) is 0.269. The van der Waals surface area contributed by atoms with Gasteiger partial charge < -0.3 is 19.4 Å². The number of morpholine rings is 1. The van der Waals surface area contributed by atoms with Crippen LogP contribution in [0, 0.1) is 13.8 Å². The Morgan fingerprint density at radius 2 is 1.70 bits per heavy atom.